The Morgan fingerprint density at radius 1 is 1.16 bits per heavy atom. The first kappa shape index (κ1) is 18.2. The number of ether oxygens (including phenoxy) is 2. The van der Waals surface area contributed by atoms with E-state index < -0.39 is 10.0 Å². The Morgan fingerprint density at radius 2 is 1.92 bits per heavy atom. The third-order valence-electron chi connectivity index (χ3n) is 3.86. The molecule has 0 bridgehead atoms. The van der Waals surface area contributed by atoms with E-state index in [1.165, 1.54) is 18.4 Å². The Kier molecular flexibility index (Phi) is 5.33. The van der Waals surface area contributed by atoms with Crippen LogP contribution in [0.1, 0.15) is 11.1 Å². The van der Waals surface area contributed by atoms with E-state index in [1.54, 1.807) is 12.1 Å². The Hall–Kier alpha value is -1.61. The highest BCUT2D eigenvalue weighted by Crippen LogP contribution is 2.39. The molecule has 0 saturated heterocycles. The van der Waals surface area contributed by atoms with Crippen LogP contribution < -0.4 is 14.8 Å². The van der Waals surface area contributed by atoms with Gasteiger partial charge in [0.2, 0.25) is 16.8 Å². The molecule has 0 spiro atoms. The average molecular weight is 427 g/mol. The fraction of sp³-hybridized carbons (Fsp3) is 0.294. The molecule has 1 aliphatic rings. The normalized spacial score (nSPS) is 13.4. The number of nitrogens with one attached hydrogen (secondary N) is 1. The van der Waals surface area contributed by atoms with Crippen molar-refractivity contribution < 1.29 is 17.9 Å². The van der Waals surface area contributed by atoms with Crippen molar-refractivity contribution in [2.24, 2.45) is 0 Å². The van der Waals surface area contributed by atoms with Crippen LogP contribution in [0.2, 0.25) is 0 Å². The van der Waals surface area contributed by atoms with Crippen LogP contribution in [0.5, 0.6) is 11.5 Å². The van der Waals surface area contributed by atoms with Crippen molar-refractivity contribution in [3.63, 3.8) is 0 Å². The molecule has 0 aromatic heterocycles. The molecule has 0 amide bonds. The third-order valence-corrected chi connectivity index (χ3v) is 6.37. The van der Waals surface area contributed by atoms with Crippen molar-refractivity contribution in [1.82, 2.24) is 9.62 Å². The fourth-order valence-corrected chi connectivity index (χ4v) is 4.28. The molecule has 25 heavy (non-hydrogen) atoms. The SMILES string of the molecule is CN(C)S(=O)(=O)c1ccccc1CNCc1cc(Br)c2c(c1)OCO2. The average Bonchev–Trinajstić information content (AvgIpc) is 3.04. The molecule has 6 nitrogen and oxygen atoms in total. The van der Waals surface area contributed by atoms with Crippen molar-refractivity contribution in [2.75, 3.05) is 20.9 Å². The highest BCUT2D eigenvalue weighted by atomic mass is 79.9. The number of rotatable bonds is 6. The van der Waals surface area contributed by atoms with Crippen LogP contribution in [0.3, 0.4) is 0 Å². The lowest BCUT2D eigenvalue weighted by Crippen LogP contribution is -2.24. The largest absolute Gasteiger partial charge is 0.454 e. The second-order valence-corrected chi connectivity index (χ2v) is 8.78. The van der Waals surface area contributed by atoms with Crippen LogP contribution in [0, 0.1) is 0 Å². The van der Waals surface area contributed by atoms with Gasteiger partial charge in [-0.05, 0) is 45.3 Å². The third kappa shape index (κ3) is 3.82. The summed E-state index contributed by atoms with van der Waals surface area (Å²) in [6, 6.07) is 10.9. The quantitative estimate of drug-likeness (QED) is 0.768. The second kappa shape index (κ2) is 7.33. The first-order valence-corrected chi connectivity index (χ1v) is 9.92. The Morgan fingerprint density at radius 3 is 2.68 bits per heavy atom. The minimum Gasteiger partial charge on any atom is -0.454 e. The van der Waals surface area contributed by atoms with Gasteiger partial charge >= 0.3 is 0 Å². The van der Waals surface area contributed by atoms with Crippen molar-refractivity contribution >= 4 is 26.0 Å². The van der Waals surface area contributed by atoms with Crippen LogP contribution in [0.15, 0.2) is 45.8 Å². The fourth-order valence-electron chi connectivity index (χ4n) is 2.56. The standard InChI is InChI=1S/C17H19BrN2O4S/c1-20(2)25(21,22)16-6-4-3-5-13(16)10-19-9-12-7-14(18)17-15(8-12)23-11-24-17/h3-8,19H,9-11H2,1-2H3. The molecule has 2 aromatic carbocycles. The highest BCUT2D eigenvalue weighted by Gasteiger charge is 2.21. The van der Waals surface area contributed by atoms with Gasteiger partial charge in [0.05, 0.1) is 9.37 Å². The lowest BCUT2D eigenvalue weighted by Gasteiger charge is -2.15. The number of hydrogen-bond donors (Lipinski definition) is 1. The van der Waals surface area contributed by atoms with E-state index in [1.807, 2.05) is 24.3 Å². The van der Waals surface area contributed by atoms with Gasteiger partial charge in [0.25, 0.3) is 0 Å². The van der Waals surface area contributed by atoms with Crippen LogP contribution >= 0.6 is 15.9 Å². The van der Waals surface area contributed by atoms with Crippen LogP contribution in [-0.2, 0) is 23.1 Å². The minimum atomic E-state index is -3.47. The summed E-state index contributed by atoms with van der Waals surface area (Å²) < 4.78 is 37.7. The van der Waals surface area contributed by atoms with Gasteiger partial charge < -0.3 is 14.8 Å². The Labute approximate surface area is 155 Å². The summed E-state index contributed by atoms with van der Waals surface area (Å²) in [4.78, 5) is 0.319. The topological polar surface area (TPSA) is 67.9 Å². The van der Waals surface area contributed by atoms with E-state index in [0.717, 1.165) is 15.6 Å². The molecule has 0 radical (unpaired) electrons. The molecular weight excluding hydrogens is 408 g/mol. The zero-order valence-corrected chi connectivity index (χ0v) is 16.4. The van der Waals surface area contributed by atoms with Crippen LogP contribution in [-0.4, -0.2) is 33.6 Å². The molecule has 3 rings (SSSR count). The molecule has 1 aliphatic heterocycles. The number of hydrogen-bond acceptors (Lipinski definition) is 5. The molecule has 1 N–H and O–H groups in total. The summed E-state index contributed by atoms with van der Waals surface area (Å²) in [6.07, 6.45) is 0. The van der Waals surface area contributed by atoms with Gasteiger partial charge in [-0.15, -0.1) is 0 Å². The summed E-state index contributed by atoms with van der Waals surface area (Å²) >= 11 is 3.47. The summed E-state index contributed by atoms with van der Waals surface area (Å²) in [5.41, 5.74) is 1.75. The summed E-state index contributed by atoms with van der Waals surface area (Å²) in [7, 11) is -0.405. The lowest BCUT2D eigenvalue weighted by molar-refractivity contribution is 0.173. The molecule has 0 unspecified atom stereocenters. The molecule has 134 valence electrons. The van der Waals surface area contributed by atoms with E-state index in [2.05, 4.69) is 21.2 Å². The van der Waals surface area contributed by atoms with Crippen molar-refractivity contribution in [1.29, 1.82) is 0 Å². The molecule has 0 atom stereocenters. The number of benzene rings is 2. The highest BCUT2D eigenvalue weighted by molar-refractivity contribution is 9.10. The van der Waals surface area contributed by atoms with Crippen molar-refractivity contribution in [3.8, 4) is 11.5 Å². The van der Waals surface area contributed by atoms with Gasteiger partial charge in [-0.3, -0.25) is 0 Å². The van der Waals surface area contributed by atoms with Gasteiger partial charge in [-0.2, -0.15) is 0 Å². The second-order valence-electron chi connectivity index (χ2n) is 5.81. The molecule has 0 fully saturated rings. The molecular formula is C17H19BrN2O4S. The van der Waals surface area contributed by atoms with Crippen LogP contribution in [0.4, 0.5) is 0 Å². The smallest absolute Gasteiger partial charge is 0.242 e. The first-order valence-electron chi connectivity index (χ1n) is 7.69. The van der Waals surface area contributed by atoms with E-state index in [-0.39, 0.29) is 6.79 Å². The Balaban J connectivity index is 1.73. The number of fused-ring (bicyclic) bond motifs is 1. The van der Waals surface area contributed by atoms with Gasteiger partial charge in [-0.1, -0.05) is 18.2 Å². The maximum absolute atomic E-state index is 12.4. The first-order chi connectivity index (χ1) is 11.9. The van der Waals surface area contributed by atoms with Crippen molar-refractivity contribution in [3.05, 3.63) is 52.0 Å². The maximum atomic E-state index is 12.4. The summed E-state index contributed by atoms with van der Waals surface area (Å²) in [6.45, 7) is 1.24. The van der Waals surface area contributed by atoms with E-state index in [4.69, 9.17) is 9.47 Å². The predicted octanol–water partition coefficient (Wildman–Crippen LogP) is 2.72. The van der Waals surface area contributed by atoms with E-state index in [0.29, 0.717) is 29.5 Å². The zero-order valence-electron chi connectivity index (χ0n) is 14.0. The van der Waals surface area contributed by atoms with E-state index >= 15 is 0 Å². The summed E-state index contributed by atoms with van der Waals surface area (Å²) in [5.74, 6) is 1.42. The lowest BCUT2D eigenvalue weighted by atomic mass is 10.2. The van der Waals surface area contributed by atoms with Crippen LogP contribution in [0.25, 0.3) is 0 Å². The summed E-state index contributed by atoms with van der Waals surface area (Å²) in [5, 5.41) is 3.29. The van der Waals surface area contributed by atoms with Gasteiger partial charge in [0.15, 0.2) is 11.5 Å². The van der Waals surface area contributed by atoms with Gasteiger partial charge in [0.1, 0.15) is 0 Å². The van der Waals surface area contributed by atoms with E-state index in [9.17, 15) is 8.42 Å². The minimum absolute atomic E-state index is 0.223. The number of halogens is 1. The molecule has 0 saturated carbocycles. The maximum Gasteiger partial charge on any atom is 0.242 e. The van der Waals surface area contributed by atoms with Gasteiger partial charge in [-0.25, -0.2) is 12.7 Å². The molecule has 1 heterocycles. The van der Waals surface area contributed by atoms with Crippen molar-refractivity contribution in [2.45, 2.75) is 18.0 Å². The zero-order chi connectivity index (χ0) is 18.0. The molecule has 8 heteroatoms. The Bertz CT molecular complexity index is 884. The predicted molar refractivity (Wildman–Crippen MR) is 98.1 cm³/mol. The molecule has 0 aliphatic carbocycles. The number of nitrogens with zero attached hydrogens (tertiary/aromatic N) is 1. The monoisotopic (exact) mass is 426 g/mol. The van der Waals surface area contributed by atoms with Gasteiger partial charge in [0, 0.05) is 27.2 Å². The number of sulfonamides is 1. The molecule has 2 aromatic rings.